The molecule has 1 heterocycles. The molecule has 25 heavy (non-hydrogen) atoms. The van der Waals surface area contributed by atoms with Crippen LogP contribution in [0.3, 0.4) is 0 Å². The molecule has 1 atom stereocenters. The van der Waals surface area contributed by atoms with Crippen molar-refractivity contribution in [3.05, 3.63) is 35.4 Å². The zero-order chi connectivity index (χ0) is 18.2. The van der Waals surface area contributed by atoms with E-state index in [2.05, 4.69) is 28.3 Å². The van der Waals surface area contributed by atoms with Crippen LogP contribution in [0.2, 0.25) is 0 Å². The summed E-state index contributed by atoms with van der Waals surface area (Å²) in [5, 5.41) is 3.40. The molecule has 1 fully saturated rings. The number of amides is 1. The normalized spacial score (nSPS) is 17.4. The zero-order valence-electron chi connectivity index (χ0n) is 15.8. The standard InChI is InChI=1S/C19H30N4O2/c1-20-19(23(4)13-16-9-11-25-14-16)21-10-8-15-6-5-7-17(12-15)18(24)22(2)3/h5-7,12,16H,8-11,13-14H2,1-4H3,(H,20,21). The molecule has 0 spiro atoms. The van der Waals surface area contributed by atoms with E-state index in [0.717, 1.165) is 56.2 Å². The predicted octanol–water partition coefficient (Wildman–Crippen LogP) is 1.47. The predicted molar refractivity (Wildman–Crippen MR) is 101 cm³/mol. The van der Waals surface area contributed by atoms with Crippen LogP contribution >= 0.6 is 0 Å². The molecule has 1 aliphatic heterocycles. The van der Waals surface area contributed by atoms with Crippen molar-refractivity contribution >= 4 is 11.9 Å². The van der Waals surface area contributed by atoms with Crippen molar-refractivity contribution in [2.75, 3.05) is 54.5 Å². The van der Waals surface area contributed by atoms with Crippen molar-refractivity contribution in [3.8, 4) is 0 Å². The van der Waals surface area contributed by atoms with E-state index in [1.807, 2.05) is 18.2 Å². The molecule has 6 nitrogen and oxygen atoms in total. The summed E-state index contributed by atoms with van der Waals surface area (Å²) in [5.41, 5.74) is 1.87. The van der Waals surface area contributed by atoms with E-state index in [1.54, 1.807) is 26.0 Å². The summed E-state index contributed by atoms with van der Waals surface area (Å²) in [6.45, 7) is 3.44. The molecule has 0 bridgehead atoms. The number of carbonyl (C=O) groups is 1. The molecule has 1 N–H and O–H groups in total. The highest BCUT2D eigenvalue weighted by Crippen LogP contribution is 2.13. The number of hydrogen-bond donors (Lipinski definition) is 1. The summed E-state index contributed by atoms with van der Waals surface area (Å²) >= 11 is 0. The summed E-state index contributed by atoms with van der Waals surface area (Å²) in [6.07, 6.45) is 1.96. The minimum Gasteiger partial charge on any atom is -0.381 e. The van der Waals surface area contributed by atoms with E-state index in [0.29, 0.717) is 5.92 Å². The second kappa shape index (κ2) is 9.42. The maximum atomic E-state index is 12.1. The summed E-state index contributed by atoms with van der Waals surface area (Å²) < 4.78 is 5.44. The van der Waals surface area contributed by atoms with Crippen LogP contribution in [-0.4, -0.2) is 76.2 Å². The fraction of sp³-hybridized carbons (Fsp3) is 0.579. The van der Waals surface area contributed by atoms with Gasteiger partial charge in [-0.2, -0.15) is 0 Å². The summed E-state index contributed by atoms with van der Waals surface area (Å²) in [6, 6.07) is 7.81. The van der Waals surface area contributed by atoms with Crippen molar-refractivity contribution in [3.63, 3.8) is 0 Å². The van der Waals surface area contributed by atoms with Gasteiger partial charge in [-0.15, -0.1) is 0 Å². The van der Waals surface area contributed by atoms with Gasteiger partial charge < -0.3 is 19.9 Å². The van der Waals surface area contributed by atoms with Crippen LogP contribution < -0.4 is 5.32 Å². The number of carbonyl (C=O) groups excluding carboxylic acids is 1. The van der Waals surface area contributed by atoms with Crippen LogP contribution in [-0.2, 0) is 11.2 Å². The molecule has 0 aliphatic carbocycles. The molecule has 2 rings (SSSR count). The number of ether oxygens (including phenoxy) is 1. The van der Waals surface area contributed by atoms with Crippen molar-refractivity contribution < 1.29 is 9.53 Å². The third-order valence-electron chi connectivity index (χ3n) is 4.41. The Morgan fingerprint density at radius 2 is 2.16 bits per heavy atom. The van der Waals surface area contributed by atoms with E-state index in [9.17, 15) is 4.79 Å². The quantitative estimate of drug-likeness (QED) is 0.626. The third kappa shape index (κ3) is 5.74. The number of benzene rings is 1. The number of aliphatic imine (C=N–C) groups is 1. The Balaban J connectivity index is 1.84. The fourth-order valence-electron chi connectivity index (χ4n) is 3.02. The van der Waals surface area contributed by atoms with Gasteiger partial charge in [0.1, 0.15) is 0 Å². The molecule has 1 unspecified atom stereocenters. The largest absolute Gasteiger partial charge is 0.381 e. The Kier molecular flexibility index (Phi) is 7.25. The number of guanidine groups is 1. The minimum atomic E-state index is 0.0316. The van der Waals surface area contributed by atoms with Crippen LogP contribution in [0.5, 0.6) is 0 Å². The Morgan fingerprint density at radius 1 is 1.36 bits per heavy atom. The molecule has 1 saturated heterocycles. The first kappa shape index (κ1) is 19.2. The lowest BCUT2D eigenvalue weighted by molar-refractivity contribution is 0.0827. The van der Waals surface area contributed by atoms with Crippen LogP contribution in [0.4, 0.5) is 0 Å². The van der Waals surface area contributed by atoms with Gasteiger partial charge in [-0.05, 0) is 30.5 Å². The van der Waals surface area contributed by atoms with Crippen LogP contribution in [0.25, 0.3) is 0 Å². The van der Waals surface area contributed by atoms with Gasteiger partial charge in [-0.3, -0.25) is 9.79 Å². The lowest BCUT2D eigenvalue weighted by atomic mass is 10.1. The molecular formula is C19H30N4O2. The lowest BCUT2D eigenvalue weighted by Crippen LogP contribution is -2.42. The van der Waals surface area contributed by atoms with Gasteiger partial charge in [-0.25, -0.2) is 0 Å². The highest BCUT2D eigenvalue weighted by Gasteiger charge is 2.19. The van der Waals surface area contributed by atoms with Gasteiger partial charge in [0.2, 0.25) is 0 Å². The second-order valence-electron chi connectivity index (χ2n) is 6.73. The highest BCUT2D eigenvalue weighted by molar-refractivity contribution is 5.94. The second-order valence-corrected chi connectivity index (χ2v) is 6.73. The number of hydrogen-bond acceptors (Lipinski definition) is 3. The van der Waals surface area contributed by atoms with Crippen molar-refractivity contribution in [2.45, 2.75) is 12.8 Å². The van der Waals surface area contributed by atoms with E-state index in [4.69, 9.17) is 4.74 Å². The van der Waals surface area contributed by atoms with Gasteiger partial charge in [-0.1, -0.05) is 12.1 Å². The lowest BCUT2D eigenvalue weighted by Gasteiger charge is -2.24. The van der Waals surface area contributed by atoms with Crippen LogP contribution in [0.15, 0.2) is 29.3 Å². The SMILES string of the molecule is CN=C(NCCc1cccc(C(=O)N(C)C)c1)N(C)CC1CCOC1. The topological polar surface area (TPSA) is 57.2 Å². The van der Waals surface area contributed by atoms with Gasteiger partial charge in [0.05, 0.1) is 6.61 Å². The summed E-state index contributed by atoms with van der Waals surface area (Å²) in [4.78, 5) is 20.2. The van der Waals surface area contributed by atoms with E-state index < -0.39 is 0 Å². The Hall–Kier alpha value is -2.08. The summed E-state index contributed by atoms with van der Waals surface area (Å²) in [5.74, 6) is 1.51. The first-order valence-electron chi connectivity index (χ1n) is 8.81. The molecule has 1 aliphatic rings. The van der Waals surface area contributed by atoms with Crippen molar-refractivity contribution in [1.82, 2.24) is 15.1 Å². The maximum Gasteiger partial charge on any atom is 0.253 e. The molecule has 0 aromatic heterocycles. The van der Waals surface area contributed by atoms with E-state index >= 15 is 0 Å². The molecule has 0 saturated carbocycles. The van der Waals surface area contributed by atoms with Gasteiger partial charge >= 0.3 is 0 Å². The summed E-state index contributed by atoms with van der Waals surface area (Å²) in [7, 11) is 7.40. The first-order valence-corrected chi connectivity index (χ1v) is 8.81. The van der Waals surface area contributed by atoms with Gasteiger partial charge in [0.25, 0.3) is 5.91 Å². The zero-order valence-corrected chi connectivity index (χ0v) is 15.8. The van der Waals surface area contributed by atoms with E-state index in [1.165, 1.54) is 0 Å². The smallest absolute Gasteiger partial charge is 0.253 e. The first-order chi connectivity index (χ1) is 12.0. The average molecular weight is 346 g/mol. The van der Waals surface area contributed by atoms with Crippen molar-refractivity contribution in [2.24, 2.45) is 10.9 Å². The maximum absolute atomic E-state index is 12.1. The fourth-order valence-corrected chi connectivity index (χ4v) is 3.02. The Bertz CT molecular complexity index is 595. The monoisotopic (exact) mass is 346 g/mol. The van der Waals surface area contributed by atoms with Crippen LogP contribution in [0.1, 0.15) is 22.3 Å². The van der Waals surface area contributed by atoms with Gasteiger partial charge in [0.15, 0.2) is 5.96 Å². The Morgan fingerprint density at radius 3 is 2.80 bits per heavy atom. The molecular weight excluding hydrogens is 316 g/mol. The van der Waals surface area contributed by atoms with E-state index in [-0.39, 0.29) is 5.91 Å². The third-order valence-corrected chi connectivity index (χ3v) is 4.41. The molecule has 1 aromatic carbocycles. The van der Waals surface area contributed by atoms with Crippen LogP contribution in [0, 0.1) is 5.92 Å². The number of nitrogens with zero attached hydrogens (tertiary/aromatic N) is 3. The van der Waals surface area contributed by atoms with Gasteiger partial charge in [0, 0.05) is 59.4 Å². The molecule has 6 heteroatoms. The molecule has 0 radical (unpaired) electrons. The Labute approximate surface area is 150 Å². The molecule has 1 aromatic rings. The molecule has 138 valence electrons. The highest BCUT2D eigenvalue weighted by atomic mass is 16.5. The molecule has 1 amide bonds. The van der Waals surface area contributed by atoms with Crippen molar-refractivity contribution in [1.29, 1.82) is 0 Å². The minimum absolute atomic E-state index is 0.0316. The average Bonchev–Trinajstić information content (AvgIpc) is 3.11. The number of rotatable bonds is 6. The number of nitrogens with one attached hydrogen (secondary N) is 1.